The molecule has 2 aromatic carbocycles. The third kappa shape index (κ3) is 6.64. The van der Waals surface area contributed by atoms with Crippen molar-refractivity contribution < 1.29 is 31.1 Å². The van der Waals surface area contributed by atoms with Crippen LogP contribution in [0.25, 0.3) is 0 Å². The van der Waals surface area contributed by atoms with Gasteiger partial charge in [-0.2, -0.15) is 0 Å². The molecule has 0 saturated carbocycles. The van der Waals surface area contributed by atoms with Crippen molar-refractivity contribution >= 4 is 16.1 Å². The third-order valence-corrected chi connectivity index (χ3v) is 5.70. The SMILES string of the molecule is CN(C)S(=O)(=O)c1ccccc1CNC(=O)NCc1ccc(OC(F)(F)F)cc1. The maximum atomic E-state index is 12.3. The largest absolute Gasteiger partial charge is 0.573 e. The quantitative estimate of drug-likeness (QED) is 0.706. The number of urea groups is 1. The van der Waals surface area contributed by atoms with Gasteiger partial charge in [0, 0.05) is 27.2 Å². The minimum absolute atomic E-state index is 0.0204. The predicted octanol–water partition coefficient (Wildman–Crippen LogP) is 2.83. The molecule has 2 aromatic rings. The van der Waals surface area contributed by atoms with Crippen LogP contribution in [0, 0.1) is 0 Å². The topological polar surface area (TPSA) is 87.7 Å². The van der Waals surface area contributed by atoms with E-state index in [2.05, 4.69) is 15.4 Å². The maximum absolute atomic E-state index is 12.3. The van der Waals surface area contributed by atoms with Gasteiger partial charge in [0.15, 0.2) is 0 Å². The predicted molar refractivity (Wildman–Crippen MR) is 99.5 cm³/mol. The van der Waals surface area contributed by atoms with Crippen molar-refractivity contribution in [2.75, 3.05) is 14.1 Å². The molecule has 2 N–H and O–H groups in total. The molecule has 0 spiro atoms. The minimum Gasteiger partial charge on any atom is -0.406 e. The number of sulfonamides is 1. The highest BCUT2D eigenvalue weighted by Gasteiger charge is 2.30. The Morgan fingerprint density at radius 2 is 1.59 bits per heavy atom. The zero-order chi connectivity index (χ0) is 21.7. The molecule has 11 heteroatoms. The summed E-state index contributed by atoms with van der Waals surface area (Å²) in [5.74, 6) is -0.357. The Bertz CT molecular complexity index is 946. The highest BCUT2D eigenvalue weighted by Crippen LogP contribution is 2.22. The Kier molecular flexibility index (Phi) is 7.09. The summed E-state index contributed by atoms with van der Waals surface area (Å²) in [5.41, 5.74) is 0.982. The second kappa shape index (κ2) is 9.14. The number of nitrogens with one attached hydrogen (secondary N) is 2. The summed E-state index contributed by atoms with van der Waals surface area (Å²) in [7, 11) is -0.830. The summed E-state index contributed by atoms with van der Waals surface area (Å²) >= 11 is 0. The van der Waals surface area contributed by atoms with Gasteiger partial charge < -0.3 is 15.4 Å². The van der Waals surface area contributed by atoms with Crippen molar-refractivity contribution in [2.45, 2.75) is 24.3 Å². The van der Waals surface area contributed by atoms with E-state index in [4.69, 9.17) is 0 Å². The third-order valence-electron chi connectivity index (χ3n) is 3.78. The van der Waals surface area contributed by atoms with Crippen molar-refractivity contribution in [3.8, 4) is 5.75 Å². The molecular formula is C18H20F3N3O4S. The molecule has 158 valence electrons. The molecule has 2 amide bonds. The first-order valence-corrected chi connectivity index (χ1v) is 9.80. The molecule has 0 atom stereocenters. The molecule has 29 heavy (non-hydrogen) atoms. The lowest BCUT2D eigenvalue weighted by Crippen LogP contribution is -2.35. The van der Waals surface area contributed by atoms with E-state index in [1.807, 2.05) is 0 Å². The summed E-state index contributed by atoms with van der Waals surface area (Å²) in [6.07, 6.45) is -4.77. The Morgan fingerprint density at radius 3 is 2.17 bits per heavy atom. The van der Waals surface area contributed by atoms with Gasteiger partial charge in [-0.25, -0.2) is 17.5 Å². The summed E-state index contributed by atoms with van der Waals surface area (Å²) < 4.78 is 66.0. The van der Waals surface area contributed by atoms with E-state index in [-0.39, 0.29) is 23.7 Å². The molecule has 0 aliphatic heterocycles. The van der Waals surface area contributed by atoms with E-state index >= 15 is 0 Å². The molecule has 0 heterocycles. The molecular weight excluding hydrogens is 411 g/mol. The number of hydrogen-bond acceptors (Lipinski definition) is 4. The molecule has 0 aliphatic rings. The van der Waals surface area contributed by atoms with Crippen molar-refractivity contribution in [3.63, 3.8) is 0 Å². The number of ether oxygens (including phenoxy) is 1. The van der Waals surface area contributed by atoms with Crippen LogP contribution in [0.3, 0.4) is 0 Å². The van der Waals surface area contributed by atoms with E-state index in [0.717, 1.165) is 16.4 Å². The molecule has 0 saturated heterocycles. The van der Waals surface area contributed by atoms with Crippen LogP contribution in [0.2, 0.25) is 0 Å². The Hall–Kier alpha value is -2.79. The molecule has 0 aromatic heterocycles. The standard InChI is InChI=1S/C18H20F3N3O4S/c1-24(2)29(26,27)16-6-4-3-5-14(16)12-23-17(25)22-11-13-7-9-15(10-8-13)28-18(19,20)21/h3-10H,11-12H2,1-2H3,(H2,22,23,25). The first-order valence-electron chi connectivity index (χ1n) is 8.36. The van der Waals surface area contributed by atoms with Crippen LogP contribution in [0.15, 0.2) is 53.4 Å². The number of nitrogens with zero attached hydrogens (tertiary/aromatic N) is 1. The van der Waals surface area contributed by atoms with Crippen LogP contribution < -0.4 is 15.4 Å². The molecule has 0 bridgehead atoms. The number of benzene rings is 2. The van der Waals surface area contributed by atoms with Gasteiger partial charge >= 0.3 is 12.4 Å². The fraction of sp³-hybridized carbons (Fsp3) is 0.278. The maximum Gasteiger partial charge on any atom is 0.573 e. The van der Waals surface area contributed by atoms with Gasteiger partial charge in [0.25, 0.3) is 0 Å². The molecule has 0 fully saturated rings. The lowest BCUT2D eigenvalue weighted by Gasteiger charge is -2.15. The zero-order valence-electron chi connectivity index (χ0n) is 15.7. The normalized spacial score (nSPS) is 11.9. The Morgan fingerprint density at radius 1 is 1.00 bits per heavy atom. The lowest BCUT2D eigenvalue weighted by molar-refractivity contribution is -0.274. The molecule has 2 rings (SSSR count). The Balaban J connectivity index is 1.92. The van der Waals surface area contributed by atoms with Gasteiger partial charge in [0.1, 0.15) is 5.75 Å². The fourth-order valence-electron chi connectivity index (χ4n) is 2.33. The van der Waals surface area contributed by atoms with Crippen LogP contribution in [0.1, 0.15) is 11.1 Å². The smallest absolute Gasteiger partial charge is 0.406 e. The average Bonchev–Trinajstić information content (AvgIpc) is 2.64. The second-order valence-corrected chi connectivity index (χ2v) is 8.24. The van der Waals surface area contributed by atoms with Crippen molar-refractivity contribution in [2.24, 2.45) is 0 Å². The van der Waals surface area contributed by atoms with Crippen molar-refractivity contribution in [1.29, 1.82) is 0 Å². The van der Waals surface area contributed by atoms with Crippen LogP contribution in [0.4, 0.5) is 18.0 Å². The lowest BCUT2D eigenvalue weighted by atomic mass is 10.2. The average molecular weight is 431 g/mol. The number of carbonyl (C=O) groups is 1. The van der Waals surface area contributed by atoms with Gasteiger partial charge in [0.2, 0.25) is 10.0 Å². The molecule has 0 unspecified atom stereocenters. The fourth-order valence-corrected chi connectivity index (χ4v) is 3.44. The van der Waals surface area contributed by atoms with Crippen LogP contribution >= 0.6 is 0 Å². The number of carbonyl (C=O) groups excluding carboxylic acids is 1. The van der Waals surface area contributed by atoms with E-state index in [1.165, 1.54) is 32.3 Å². The number of alkyl halides is 3. The first kappa shape index (κ1) is 22.5. The monoisotopic (exact) mass is 431 g/mol. The van der Waals surface area contributed by atoms with E-state index < -0.39 is 22.4 Å². The molecule has 0 aliphatic carbocycles. The van der Waals surface area contributed by atoms with Crippen molar-refractivity contribution in [3.05, 3.63) is 59.7 Å². The minimum atomic E-state index is -4.77. The van der Waals surface area contributed by atoms with Crippen molar-refractivity contribution in [1.82, 2.24) is 14.9 Å². The summed E-state index contributed by atoms with van der Waals surface area (Å²) in [5, 5.41) is 5.10. The highest BCUT2D eigenvalue weighted by atomic mass is 32.2. The van der Waals surface area contributed by atoms with E-state index in [0.29, 0.717) is 11.1 Å². The van der Waals surface area contributed by atoms with Gasteiger partial charge in [-0.05, 0) is 29.3 Å². The highest BCUT2D eigenvalue weighted by molar-refractivity contribution is 7.89. The van der Waals surface area contributed by atoms with E-state index in [1.54, 1.807) is 18.2 Å². The van der Waals surface area contributed by atoms with Gasteiger partial charge in [-0.3, -0.25) is 0 Å². The van der Waals surface area contributed by atoms with Crippen LogP contribution in [-0.2, 0) is 23.1 Å². The van der Waals surface area contributed by atoms with E-state index in [9.17, 15) is 26.4 Å². The van der Waals surface area contributed by atoms with Crippen LogP contribution in [0.5, 0.6) is 5.75 Å². The Labute approximate surface area is 166 Å². The summed E-state index contributed by atoms with van der Waals surface area (Å²) in [6.45, 7) is 0.0449. The van der Waals surface area contributed by atoms with Gasteiger partial charge in [0.05, 0.1) is 4.90 Å². The number of halogens is 3. The first-order chi connectivity index (χ1) is 13.5. The summed E-state index contributed by atoms with van der Waals surface area (Å²) in [6, 6.07) is 10.8. The molecule has 7 nitrogen and oxygen atoms in total. The molecule has 0 radical (unpaired) electrons. The second-order valence-electron chi connectivity index (χ2n) is 6.12. The van der Waals surface area contributed by atoms with Gasteiger partial charge in [-0.15, -0.1) is 13.2 Å². The number of rotatable bonds is 7. The number of amides is 2. The number of hydrogen-bond donors (Lipinski definition) is 2. The zero-order valence-corrected chi connectivity index (χ0v) is 16.5. The van der Waals surface area contributed by atoms with Crippen LogP contribution in [-0.4, -0.2) is 39.2 Å². The van der Waals surface area contributed by atoms with Gasteiger partial charge in [-0.1, -0.05) is 30.3 Å². The summed E-state index contributed by atoms with van der Waals surface area (Å²) in [4.78, 5) is 12.1.